The third-order valence-corrected chi connectivity index (χ3v) is 2.55. The molecule has 110 valence electrons. The summed E-state index contributed by atoms with van der Waals surface area (Å²) in [6.07, 6.45) is -5.04. The maximum Gasteiger partial charge on any atom is 0.471 e. The second-order valence-corrected chi connectivity index (χ2v) is 3.89. The Balaban J connectivity index is 3.04. The predicted molar refractivity (Wildman–Crippen MR) is 61.9 cm³/mol. The fraction of sp³-hybridized carbons (Fsp3) is 0.364. The number of phenolic OH excluding ortho intramolecular Hbond substituents is 1. The standard InChI is InChI=1S/C11H11F3N2O4/c1-2-15(10(18)11(12,13)14)6-7-5-8(16(19)20)3-4-9(7)17/h3-5,17H,2,6H2,1H3. The fourth-order valence-electron chi connectivity index (χ4n) is 1.52. The number of rotatable bonds is 4. The zero-order chi connectivity index (χ0) is 15.5. The van der Waals surface area contributed by atoms with E-state index in [4.69, 9.17) is 0 Å². The number of non-ortho nitro benzene ring substituents is 1. The number of nitrogens with zero attached hydrogens (tertiary/aromatic N) is 2. The normalized spacial score (nSPS) is 11.2. The van der Waals surface area contributed by atoms with E-state index in [0.717, 1.165) is 18.2 Å². The Labute approximate surface area is 111 Å². The summed E-state index contributed by atoms with van der Waals surface area (Å²) in [5.41, 5.74) is -0.507. The topological polar surface area (TPSA) is 83.7 Å². The van der Waals surface area contributed by atoms with E-state index in [0.29, 0.717) is 4.90 Å². The van der Waals surface area contributed by atoms with E-state index < -0.39 is 29.3 Å². The summed E-state index contributed by atoms with van der Waals surface area (Å²) in [6, 6.07) is 2.95. The van der Waals surface area contributed by atoms with Gasteiger partial charge in [-0.25, -0.2) is 0 Å². The first-order valence-electron chi connectivity index (χ1n) is 5.49. The van der Waals surface area contributed by atoms with Crippen molar-refractivity contribution in [3.8, 4) is 5.75 Å². The molecule has 9 heteroatoms. The molecule has 0 saturated carbocycles. The minimum atomic E-state index is -5.04. The van der Waals surface area contributed by atoms with Crippen molar-refractivity contribution in [2.24, 2.45) is 0 Å². The lowest BCUT2D eigenvalue weighted by molar-refractivity contribution is -0.385. The average Bonchev–Trinajstić information content (AvgIpc) is 2.35. The van der Waals surface area contributed by atoms with Crippen LogP contribution in [0.4, 0.5) is 18.9 Å². The molecule has 0 fully saturated rings. The molecular weight excluding hydrogens is 281 g/mol. The van der Waals surface area contributed by atoms with Crippen LogP contribution in [0.25, 0.3) is 0 Å². The van der Waals surface area contributed by atoms with Crippen molar-refractivity contribution in [2.75, 3.05) is 6.54 Å². The highest BCUT2D eigenvalue weighted by Gasteiger charge is 2.42. The van der Waals surface area contributed by atoms with Crippen molar-refractivity contribution in [2.45, 2.75) is 19.6 Å². The van der Waals surface area contributed by atoms with Crippen LogP contribution in [0.1, 0.15) is 12.5 Å². The van der Waals surface area contributed by atoms with Gasteiger partial charge in [0.25, 0.3) is 5.69 Å². The molecule has 0 aliphatic carbocycles. The van der Waals surface area contributed by atoms with Crippen LogP contribution in [0.15, 0.2) is 18.2 Å². The first-order chi connectivity index (χ1) is 9.16. The number of aromatic hydroxyl groups is 1. The number of nitro groups is 1. The van der Waals surface area contributed by atoms with E-state index in [1.54, 1.807) is 0 Å². The third-order valence-electron chi connectivity index (χ3n) is 2.55. The molecule has 0 spiro atoms. The molecule has 0 aromatic heterocycles. The molecule has 0 bridgehead atoms. The van der Waals surface area contributed by atoms with Gasteiger partial charge in [0.05, 0.1) is 4.92 Å². The van der Waals surface area contributed by atoms with Gasteiger partial charge in [0.2, 0.25) is 0 Å². The number of phenols is 1. The highest BCUT2D eigenvalue weighted by Crippen LogP contribution is 2.26. The molecule has 6 nitrogen and oxygen atoms in total. The molecule has 1 amide bonds. The Hall–Kier alpha value is -2.32. The largest absolute Gasteiger partial charge is 0.508 e. The Kier molecular flexibility index (Phi) is 4.53. The van der Waals surface area contributed by atoms with Gasteiger partial charge in [0.15, 0.2) is 0 Å². The van der Waals surface area contributed by atoms with Gasteiger partial charge in [-0.3, -0.25) is 14.9 Å². The zero-order valence-electron chi connectivity index (χ0n) is 10.3. The first-order valence-corrected chi connectivity index (χ1v) is 5.49. The number of carbonyl (C=O) groups is 1. The molecule has 0 atom stereocenters. The molecule has 0 saturated heterocycles. The molecule has 20 heavy (non-hydrogen) atoms. The summed E-state index contributed by atoms with van der Waals surface area (Å²) in [5.74, 6) is -2.48. The number of alkyl halides is 3. The van der Waals surface area contributed by atoms with Gasteiger partial charge >= 0.3 is 12.1 Å². The number of hydrogen-bond donors (Lipinski definition) is 1. The lowest BCUT2D eigenvalue weighted by Crippen LogP contribution is -2.40. The number of carbonyl (C=O) groups excluding carboxylic acids is 1. The summed E-state index contributed by atoms with van der Waals surface area (Å²) in [5, 5.41) is 20.1. The maximum absolute atomic E-state index is 12.3. The van der Waals surface area contributed by atoms with Crippen molar-refractivity contribution >= 4 is 11.6 Å². The second-order valence-electron chi connectivity index (χ2n) is 3.89. The number of amides is 1. The molecule has 0 radical (unpaired) electrons. The summed E-state index contributed by atoms with van der Waals surface area (Å²) < 4.78 is 37.0. The summed E-state index contributed by atoms with van der Waals surface area (Å²) in [4.78, 5) is 21.4. The molecular formula is C11H11F3N2O4. The van der Waals surface area contributed by atoms with Crippen molar-refractivity contribution in [1.29, 1.82) is 0 Å². The van der Waals surface area contributed by atoms with E-state index >= 15 is 0 Å². The van der Waals surface area contributed by atoms with E-state index in [1.165, 1.54) is 6.92 Å². The quantitative estimate of drug-likeness (QED) is 0.681. The van der Waals surface area contributed by atoms with Gasteiger partial charge in [0.1, 0.15) is 5.75 Å². The molecule has 1 aromatic rings. The molecule has 0 aliphatic heterocycles. The van der Waals surface area contributed by atoms with Crippen molar-refractivity contribution in [3.05, 3.63) is 33.9 Å². The lowest BCUT2D eigenvalue weighted by Gasteiger charge is -2.22. The monoisotopic (exact) mass is 292 g/mol. The SMILES string of the molecule is CCN(Cc1cc([N+](=O)[O-])ccc1O)C(=O)C(F)(F)F. The van der Waals surface area contributed by atoms with Crippen LogP contribution in [0.2, 0.25) is 0 Å². The Morgan fingerprint density at radius 1 is 1.45 bits per heavy atom. The average molecular weight is 292 g/mol. The van der Waals surface area contributed by atoms with Crippen LogP contribution in [-0.2, 0) is 11.3 Å². The highest BCUT2D eigenvalue weighted by atomic mass is 19.4. The summed E-state index contributed by atoms with van der Waals surface area (Å²) in [6.45, 7) is 0.515. The van der Waals surface area contributed by atoms with Gasteiger partial charge in [-0.15, -0.1) is 0 Å². The minimum Gasteiger partial charge on any atom is -0.508 e. The maximum atomic E-state index is 12.3. The molecule has 0 aliphatic rings. The minimum absolute atomic E-state index is 0.126. The summed E-state index contributed by atoms with van der Waals surface area (Å²) in [7, 11) is 0. The lowest BCUT2D eigenvalue weighted by atomic mass is 10.1. The van der Waals surface area contributed by atoms with Gasteiger partial charge < -0.3 is 10.0 Å². The zero-order valence-corrected chi connectivity index (χ0v) is 10.3. The van der Waals surface area contributed by atoms with Crippen molar-refractivity contribution in [1.82, 2.24) is 4.90 Å². The van der Waals surface area contributed by atoms with Gasteiger partial charge in [0, 0.05) is 30.8 Å². The Morgan fingerprint density at radius 2 is 2.05 bits per heavy atom. The van der Waals surface area contributed by atoms with Gasteiger partial charge in [-0.05, 0) is 13.0 Å². The smallest absolute Gasteiger partial charge is 0.471 e. The van der Waals surface area contributed by atoms with Crippen LogP contribution >= 0.6 is 0 Å². The van der Waals surface area contributed by atoms with Crippen LogP contribution in [-0.4, -0.2) is 33.6 Å². The molecule has 1 aromatic carbocycles. The van der Waals surface area contributed by atoms with E-state index in [1.807, 2.05) is 0 Å². The number of hydrogen-bond acceptors (Lipinski definition) is 4. The van der Waals surface area contributed by atoms with Crippen LogP contribution in [0.3, 0.4) is 0 Å². The van der Waals surface area contributed by atoms with Gasteiger partial charge in [-0.2, -0.15) is 13.2 Å². The Morgan fingerprint density at radius 3 is 2.50 bits per heavy atom. The van der Waals surface area contributed by atoms with Crippen molar-refractivity contribution < 1.29 is 28.0 Å². The van der Waals surface area contributed by atoms with E-state index in [-0.39, 0.29) is 17.8 Å². The molecule has 1 N–H and O–H groups in total. The fourth-order valence-corrected chi connectivity index (χ4v) is 1.52. The summed E-state index contributed by atoms with van der Waals surface area (Å²) >= 11 is 0. The van der Waals surface area contributed by atoms with Crippen LogP contribution in [0, 0.1) is 10.1 Å². The first kappa shape index (κ1) is 15.7. The molecule has 1 rings (SSSR count). The number of nitro benzene ring substituents is 1. The predicted octanol–water partition coefficient (Wildman–Crippen LogP) is 2.21. The van der Waals surface area contributed by atoms with Crippen LogP contribution in [0.5, 0.6) is 5.75 Å². The molecule has 0 unspecified atom stereocenters. The van der Waals surface area contributed by atoms with E-state index in [9.17, 15) is 33.2 Å². The van der Waals surface area contributed by atoms with Crippen molar-refractivity contribution in [3.63, 3.8) is 0 Å². The van der Waals surface area contributed by atoms with E-state index in [2.05, 4.69) is 0 Å². The van der Waals surface area contributed by atoms with Crippen LogP contribution < -0.4 is 0 Å². The highest BCUT2D eigenvalue weighted by molar-refractivity contribution is 5.81. The second kappa shape index (κ2) is 5.76. The van der Waals surface area contributed by atoms with Gasteiger partial charge in [-0.1, -0.05) is 0 Å². The third kappa shape index (κ3) is 3.59. The molecule has 0 heterocycles. The number of benzene rings is 1. The number of halogens is 3. The Bertz CT molecular complexity index is 531.